The Bertz CT molecular complexity index is 1250. The monoisotopic (exact) mass is 624 g/mol. The van der Waals surface area contributed by atoms with Crippen molar-refractivity contribution >= 4 is 88.1 Å². The van der Waals surface area contributed by atoms with Crippen LogP contribution in [0.5, 0.6) is 0 Å². The molecule has 0 spiro atoms. The number of nitrogens with one attached hydrogen (secondary N) is 1. The number of aromatic nitrogens is 2. The zero-order valence-electron chi connectivity index (χ0n) is 19.6. The number of halogens is 3. The van der Waals surface area contributed by atoms with Crippen molar-refractivity contribution in [3.63, 3.8) is 0 Å². The van der Waals surface area contributed by atoms with E-state index in [2.05, 4.69) is 15.5 Å². The lowest BCUT2D eigenvalue weighted by atomic mass is 10.0. The highest BCUT2D eigenvalue weighted by molar-refractivity contribution is 8.00. The minimum atomic E-state index is -1.20. The number of nitrogens with zero attached hydrogens (tertiary/aromatic N) is 4. The number of oxime groups is 1. The molecule has 0 saturated carbocycles. The molecule has 4 heterocycles. The second-order valence-electron chi connectivity index (χ2n) is 7.76. The molecule has 17 heteroatoms. The van der Waals surface area contributed by atoms with Gasteiger partial charge in [-0.05, 0) is 13.0 Å². The first-order chi connectivity index (χ1) is 17.3. The Kier molecular flexibility index (Phi) is 11.6. The molecule has 2 aliphatic heterocycles. The van der Waals surface area contributed by atoms with Crippen LogP contribution in [0.2, 0.25) is 4.34 Å². The molecule has 206 valence electrons. The number of hydrogen-bond donors (Lipinski definition) is 4. The third-order valence-electron chi connectivity index (χ3n) is 5.32. The summed E-state index contributed by atoms with van der Waals surface area (Å²) in [6, 6.07) is 4.56. The summed E-state index contributed by atoms with van der Waals surface area (Å²) >= 11 is 8.50. The molecule has 38 heavy (non-hydrogen) atoms. The van der Waals surface area contributed by atoms with Crippen LogP contribution in [0.25, 0.3) is 0 Å². The second kappa shape index (κ2) is 14.0. The maximum atomic E-state index is 13.1. The van der Waals surface area contributed by atoms with E-state index >= 15 is 0 Å². The van der Waals surface area contributed by atoms with Gasteiger partial charge in [-0.25, -0.2) is 14.3 Å². The highest BCUT2D eigenvalue weighted by atomic mass is 35.5. The lowest BCUT2D eigenvalue weighted by Gasteiger charge is -2.49. The summed E-state index contributed by atoms with van der Waals surface area (Å²) < 4.78 is 1.97. The Hall–Kier alpha value is -2.62. The van der Waals surface area contributed by atoms with E-state index in [0.717, 1.165) is 11.3 Å². The van der Waals surface area contributed by atoms with E-state index in [4.69, 9.17) is 27.9 Å². The van der Waals surface area contributed by atoms with Crippen LogP contribution in [0.15, 0.2) is 47.0 Å². The van der Waals surface area contributed by atoms with Gasteiger partial charge >= 0.3 is 5.97 Å². The molecule has 4 rings (SSSR count). The van der Waals surface area contributed by atoms with Crippen LogP contribution in [-0.4, -0.2) is 68.8 Å². The van der Waals surface area contributed by atoms with Crippen LogP contribution in [0.1, 0.15) is 12.1 Å². The van der Waals surface area contributed by atoms with Gasteiger partial charge in [-0.2, -0.15) is 0 Å². The van der Waals surface area contributed by atoms with Crippen LogP contribution in [0.4, 0.5) is 5.13 Å². The van der Waals surface area contributed by atoms with E-state index in [1.165, 1.54) is 16.7 Å². The Balaban J connectivity index is 0.00000253. The summed E-state index contributed by atoms with van der Waals surface area (Å²) in [6.45, 7) is 0.856. The van der Waals surface area contributed by atoms with Gasteiger partial charge in [0.15, 0.2) is 29.8 Å². The number of aliphatic carboxylic acids is 1. The fourth-order valence-electron chi connectivity index (χ4n) is 3.69. The summed E-state index contributed by atoms with van der Waals surface area (Å²) in [7, 11) is 0. The average Bonchev–Trinajstić information content (AvgIpc) is 3.19. The maximum Gasteiger partial charge on any atom is 0.352 e. The third-order valence-corrected chi connectivity index (χ3v) is 7.75. The summed E-state index contributed by atoms with van der Waals surface area (Å²) in [6.07, 6.45) is 4.14. The van der Waals surface area contributed by atoms with Gasteiger partial charge in [0, 0.05) is 23.5 Å². The maximum absolute atomic E-state index is 13.1. The fourth-order valence-corrected chi connectivity index (χ4v) is 5.95. The number of β-lactam (4-membered cyclic amide) rings is 1. The van der Waals surface area contributed by atoms with Gasteiger partial charge in [0.2, 0.25) is 0 Å². The highest BCUT2D eigenvalue weighted by Crippen LogP contribution is 2.40. The minimum absolute atomic E-state index is 0. The summed E-state index contributed by atoms with van der Waals surface area (Å²) in [5.41, 5.74) is 11.5. The summed E-state index contributed by atoms with van der Waals surface area (Å²) in [5, 5.41) is 15.9. The van der Waals surface area contributed by atoms with Crippen LogP contribution in [-0.2, 0) is 25.8 Å². The van der Waals surface area contributed by atoms with Gasteiger partial charge < -0.3 is 26.7 Å². The van der Waals surface area contributed by atoms with Gasteiger partial charge in [0.25, 0.3) is 11.8 Å². The lowest BCUT2D eigenvalue weighted by molar-refractivity contribution is -0.689. The van der Waals surface area contributed by atoms with Crippen molar-refractivity contribution < 1.29 is 28.9 Å². The number of fused-ring (bicyclic) bond motifs is 1. The third kappa shape index (κ3) is 6.68. The number of anilines is 1. The van der Waals surface area contributed by atoms with Gasteiger partial charge in [0.05, 0.1) is 0 Å². The molecule has 2 atom stereocenters. The number of carbonyl (C=O) groups excluding carboxylic acids is 2. The van der Waals surface area contributed by atoms with Gasteiger partial charge in [0.1, 0.15) is 33.7 Å². The van der Waals surface area contributed by atoms with Gasteiger partial charge in [-0.15, -0.1) is 36.6 Å². The van der Waals surface area contributed by atoms with Gasteiger partial charge in [-0.1, -0.05) is 34.2 Å². The number of carboxylic acid groups (broad SMARTS) is 1. The Morgan fingerprint density at radius 2 is 2.03 bits per heavy atom. The number of carbonyl (C=O) groups is 3. The van der Waals surface area contributed by atoms with E-state index in [9.17, 15) is 19.5 Å². The molecule has 0 bridgehead atoms. The first-order valence-corrected chi connectivity index (χ1v) is 13.0. The number of amides is 2. The molecule has 0 radical (unpaired) electrons. The number of nitrogens with two attached hydrogens (primary N) is 2. The largest absolute Gasteiger partial charge is 0.477 e. The number of rotatable bonds is 10. The lowest BCUT2D eigenvalue weighted by Crippen LogP contribution is -2.71. The molecular formula is C21H25Cl3N7O5S2+. The first kappa shape index (κ1) is 31.6. The molecule has 2 aromatic heterocycles. The predicted octanol–water partition coefficient (Wildman–Crippen LogP) is 1.02. The highest BCUT2D eigenvalue weighted by Gasteiger charge is 2.54. The topological polar surface area (TPSA) is 177 Å². The first-order valence-electron chi connectivity index (χ1n) is 10.8. The molecule has 0 aliphatic carbocycles. The number of pyridine rings is 1. The normalized spacial score (nSPS) is 18.5. The molecule has 2 aliphatic rings. The number of thiazole rings is 1. The van der Waals surface area contributed by atoms with E-state index in [0.29, 0.717) is 30.8 Å². The molecule has 0 aromatic carbocycles. The van der Waals surface area contributed by atoms with Crippen molar-refractivity contribution in [2.45, 2.75) is 24.4 Å². The predicted molar refractivity (Wildman–Crippen MR) is 149 cm³/mol. The molecule has 0 unspecified atom stereocenters. The minimum Gasteiger partial charge on any atom is -0.477 e. The Morgan fingerprint density at radius 3 is 2.63 bits per heavy atom. The Morgan fingerprint density at radius 1 is 1.32 bits per heavy atom. The second-order valence-corrected chi connectivity index (χ2v) is 10.5. The SMILES string of the molecule is Cl.Cl.NCCCO/N=C(\C(=O)N[C@@H]1C(=O)N2C(C(=O)O)=C(C[n+]3ccccc3)CS[C@H]12)c1nc(N)sc1Cl. The van der Waals surface area contributed by atoms with Crippen molar-refractivity contribution in [2.24, 2.45) is 10.9 Å². The molecule has 2 aromatic rings. The van der Waals surface area contributed by atoms with Crippen LogP contribution >= 0.6 is 59.5 Å². The zero-order valence-corrected chi connectivity index (χ0v) is 23.6. The molecule has 1 fully saturated rings. The summed E-state index contributed by atoms with van der Waals surface area (Å²) in [4.78, 5) is 48.7. The van der Waals surface area contributed by atoms with Crippen molar-refractivity contribution in [2.75, 3.05) is 24.6 Å². The van der Waals surface area contributed by atoms with E-state index in [1.54, 1.807) is 0 Å². The van der Waals surface area contributed by atoms with Crippen LogP contribution < -0.4 is 21.4 Å². The number of hydrogen-bond acceptors (Lipinski definition) is 10. The fraction of sp³-hybridized carbons (Fsp3) is 0.333. The van der Waals surface area contributed by atoms with Crippen LogP contribution in [0, 0.1) is 0 Å². The van der Waals surface area contributed by atoms with E-state index in [-0.39, 0.29) is 58.0 Å². The average molecular weight is 626 g/mol. The number of thioether (sulfide) groups is 1. The van der Waals surface area contributed by atoms with E-state index < -0.39 is 29.2 Å². The van der Waals surface area contributed by atoms with Crippen LogP contribution in [0.3, 0.4) is 0 Å². The Labute approximate surface area is 243 Å². The zero-order chi connectivity index (χ0) is 25.8. The number of nitrogen functional groups attached to an aromatic ring is 1. The standard InChI is InChI=1S/C21H22ClN7O5S2.2ClH/c22-16-12(26-21(24)36-16)13(27-34-8-4-5-23)17(30)25-14-18(31)29-15(20(32)33)11(10-35-19(14)29)9-28-6-2-1-3-7-28;;/h1-3,6-7,14,19H,4-5,8-10,23H2,(H3-,24,25,26,30,32,33);2*1H/p+1/b27-13-;;/t14-,19-;;/m1../s1. The summed E-state index contributed by atoms with van der Waals surface area (Å²) in [5.74, 6) is -2.12. The van der Waals surface area contributed by atoms with Crippen molar-refractivity contribution in [3.05, 3.63) is 51.9 Å². The number of carboxylic acids is 1. The molecule has 1 saturated heterocycles. The van der Waals surface area contributed by atoms with Crippen molar-refractivity contribution in [1.82, 2.24) is 15.2 Å². The quantitative estimate of drug-likeness (QED) is 0.0987. The molecule has 12 nitrogen and oxygen atoms in total. The smallest absolute Gasteiger partial charge is 0.352 e. The van der Waals surface area contributed by atoms with Gasteiger partial charge in [-0.3, -0.25) is 14.5 Å². The van der Waals surface area contributed by atoms with Crippen molar-refractivity contribution in [1.29, 1.82) is 0 Å². The molecule has 6 N–H and O–H groups in total. The molecule has 2 amide bonds. The van der Waals surface area contributed by atoms with Crippen molar-refractivity contribution in [3.8, 4) is 0 Å². The van der Waals surface area contributed by atoms with E-state index in [1.807, 2.05) is 35.2 Å². The molecular weight excluding hydrogens is 601 g/mol.